The molecule has 4 heteroatoms. The number of rotatable bonds is 6. The summed E-state index contributed by atoms with van der Waals surface area (Å²) in [6.45, 7) is 9.75. The van der Waals surface area contributed by atoms with Crippen LogP contribution in [0.3, 0.4) is 0 Å². The first-order chi connectivity index (χ1) is 15.2. The van der Waals surface area contributed by atoms with Gasteiger partial charge in [0.05, 0.1) is 6.61 Å². The summed E-state index contributed by atoms with van der Waals surface area (Å²) in [6, 6.07) is 0. The molecule has 0 bridgehead atoms. The first-order valence-corrected chi connectivity index (χ1v) is 13.3. The normalized spacial score (nSPS) is 43.1. The Morgan fingerprint density at radius 2 is 1.84 bits per heavy atom. The van der Waals surface area contributed by atoms with Crippen LogP contribution in [0.15, 0.2) is 11.6 Å². The van der Waals surface area contributed by atoms with Crippen molar-refractivity contribution in [3.8, 4) is 0 Å². The van der Waals surface area contributed by atoms with Gasteiger partial charge in [-0.1, -0.05) is 26.3 Å². The fourth-order valence-corrected chi connectivity index (χ4v) is 9.12. The highest BCUT2D eigenvalue weighted by Crippen LogP contribution is 2.68. The molecule has 0 unspecified atom stereocenters. The number of carbonyl (C=O) groups is 2. The second kappa shape index (κ2) is 9.14. The van der Waals surface area contributed by atoms with E-state index in [0.717, 1.165) is 37.0 Å². The second-order valence-electron chi connectivity index (χ2n) is 12.1. The van der Waals surface area contributed by atoms with Gasteiger partial charge in [-0.25, -0.2) is 4.79 Å². The van der Waals surface area contributed by atoms with Gasteiger partial charge in [0.2, 0.25) is 0 Å². The van der Waals surface area contributed by atoms with Gasteiger partial charge in [-0.15, -0.1) is 0 Å². The van der Waals surface area contributed by atoms with Gasteiger partial charge in [0.25, 0.3) is 0 Å². The summed E-state index contributed by atoms with van der Waals surface area (Å²) in [5, 5.41) is 9.16. The third-order valence-electron chi connectivity index (χ3n) is 10.7. The maximum absolute atomic E-state index is 12.0. The maximum Gasteiger partial charge on any atom is 0.330 e. The van der Waals surface area contributed by atoms with E-state index < -0.39 is 5.97 Å². The molecule has 180 valence electrons. The summed E-state index contributed by atoms with van der Waals surface area (Å²) >= 11 is 0. The summed E-state index contributed by atoms with van der Waals surface area (Å²) in [6.07, 6.45) is 14.2. The number of carbonyl (C=O) groups excluding carboxylic acids is 1. The van der Waals surface area contributed by atoms with Crippen LogP contribution in [0.4, 0.5) is 0 Å². The van der Waals surface area contributed by atoms with Gasteiger partial charge in [-0.2, -0.15) is 0 Å². The second-order valence-corrected chi connectivity index (χ2v) is 12.1. The lowest BCUT2D eigenvalue weighted by Crippen LogP contribution is -2.53. The Bertz CT molecular complexity index is 757. The molecular weight excluding hydrogens is 400 g/mol. The third kappa shape index (κ3) is 4.16. The smallest absolute Gasteiger partial charge is 0.330 e. The zero-order chi connectivity index (χ0) is 23.1. The van der Waals surface area contributed by atoms with E-state index >= 15 is 0 Å². The minimum atomic E-state index is -0.653. The SMILES string of the molecule is CCOC(=O)/C=C1/CC[C@@]2(C)[C@H](CC[C@@H]3[C@@H]2CC[C@]2(C)[C@@H]([C@H](C)CCC(=O)O)CC[C@@H]32)C1. The summed E-state index contributed by atoms with van der Waals surface area (Å²) in [5.74, 6) is 3.54. The summed E-state index contributed by atoms with van der Waals surface area (Å²) in [5.41, 5.74) is 2.10. The Morgan fingerprint density at radius 1 is 1.09 bits per heavy atom. The predicted molar refractivity (Wildman–Crippen MR) is 126 cm³/mol. The number of ether oxygens (including phenoxy) is 1. The van der Waals surface area contributed by atoms with E-state index in [4.69, 9.17) is 9.84 Å². The van der Waals surface area contributed by atoms with Crippen molar-refractivity contribution in [2.75, 3.05) is 6.61 Å². The van der Waals surface area contributed by atoms with Gasteiger partial charge in [0.1, 0.15) is 0 Å². The van der Waals surface area contributed by atoms with Crippen molar-refractivity contribution < 1.29 is 19.4 Å². The van der Waals surface area contributed by atoms with Crippen LogP contribution in [0, 0.1) is 46.3 Å². The molecule has 0 aromatic carbocycles. The number of carboxylic acids is 1. The van der Waals surface area contributed by atoms with E-state index in [1.807, 2.05) is 6.92 Å². The van der Waals surface area contributed by atoms with Crippen LogP contribution in [0.5, 0.6) is 0 Å². The number of esters is 1. The molecule has 4 fully saturated rings. The topological polar surface area (TPSA) is 63.6 Å². The summed E-state index contributed by atoms with van der Waals surface area (Å²) in [7, 11) is 0. The zero-order valence-corrected chi connectivity index (χ0v) is 20.7. The fourth-order valence-electron chi connectivity index (χ4n) is 9.12. The largest absolute Gasteiger partial charge is 0.481 e. The van der Waals surface area contributed by atoms with Crippen LogP contribution in [-0.4, -0.2) is 23.7 Å². The molecule has 4 saturated carbocycles. The number of aliphatic carboxylic acids is 1. The van der Waals surface area contributed by atoms with E-state index in [-0.39, 0.29) is 5.97 Å². The van der Waals surface area contributed by atoms with Gasteiger partial charge in [-0.3, -0.25) is 4.79 Å². The highest BCUT2D eigenvalue weighted by Gasteiger charge is 2.60. The van der Waals surface area contributed by atoms with Crippen molar-refractivity contribution in [1.29, 1.82) is 0 Å². The van der Waals surface area contributed by atoms with E-state index in [9.17, 15) is 9.59 Å². The molecule has 0 amide bonds. The lowest BCUT2D eigenvalue weighted by molar-refractivity contribution is -0.138. The number of allylic oxidation sites excluding steroid dienone is 1. The van der Waals surface area contributed by atoms with Crippen LogP contribution in [-0.2, 0) is 14.3 Å². The van der Waals surface area contributed by atoms with E-state index in [1.54, 1.807) is 6.08 Å². The van der Waals surface area contributed by atoms with E-state index in [2.05, 4.69) is 20.8 Å². The number of hydrogen-bond donors (Lipinski definition) is 1. The highest BCUT2D eigenvalue weighted by atomic mass is 16.5. The molecule has 0 aromatic heterocycles. The van der Waals surface area contributed by atoms with Gasteiger partial charge in [-0.05, 0) is 117 Å². The number of fused-ring (bicyclic) bond motifs is 5. The van der Waals surface area contributed by atoms with E-state index in [0.29, 0.717) is 41.6 Å². The van der Waals surface area contributed by atoms with E-state index in [1.165, 1.54) is 50.5 Å². The monoisotopic (exact) mass is 444 g/mol. The van der Waals surface area contributed by atoms with Gasteiger partial charge in [0, 0.05) is 12.5 Å². The van der Waals surface area contributed by atoms with Crippen molar-refractivity contribution >= 4 is 11.9 Å². The average Bonchev–Trinajstić information content (AvgIpc) is 3.09. The van der Waals surface area contributed by atoms with Gasteiger partial charge in [0.15, 0.2) is 0 Å². The van der Waals surface area contributed by atoms with Gasteiger partial charge < -0.3 is 9.84 Å². The van der Waals surface area contributed by atoms with Crippen molar-refractivity contribution in [2.45, 2.75) is 98.3 Å². The molecule has 0 radical (unpaired) electrons. The summed E-state index contributed by atoms with van der Waals surface area (Å²) in [4.78, 5) is 23.1. The molecule has 0 saturated heterocycles. The average molecular weight is 445 g/mol. The molecule has 0 heterocycles. The molecule has 8 atom stereocenters. The first kappa shape index (κ1) is 23.8. The Balaban J connectivity index is 1.46. The fraction of sp³-hybridized carbons (Fsp3) is 0.857. The highest BCUT2D eigenvalue weighted by molar-refractivity contribution is 5.82. The molecule has 1 N–H and O–H groups in total. The van der Waals surface area contributed by atoms with Gasteiger partial charge >= 0.3 is 11.9 Å². The lowest BCUT2D eigenvalue weighted by Gasteiger charge is -2.61. The minimum Gasteiger partial charge on any atom is -0.481 e. The van der Waals surface area contributed by atoms with Crippen LogP contribution in [0.25, 0.3) is 0 Å². The molecule has 4 aliphatic carbocycles. The molecule has 4 rings (SSSR count). The quantitative estimate of drug-likeness (QED) is 0.369. The molecule has 4 nitrogen and oxygen atoms in total. The molecule has 32 heavy (non-hydrogen) atoms. The molecule has 0 aliphatic heterocycles. The predicted octanol–water partition coefficient (Wildman–Crippen LogP) is 6.64. The Kier molecular flexibility index (Phi) is 6.81. The molecule has 0 aromatic rings. The van der Waals surface area contributed by atoms with Crippen molar-refractivity contribution in [3.63, 3.8) is 0 Å². The summed E-state index contributed by atoms with van der Waals surface area (Å²) < 4.78 is 5.16. The van der Waals surface area contributed by atoms with Crippen LogP contribution in [0.1, 0.15) is 98.3 Å². The Labute approximate surface area is 194 Å². The maximum atomic E-state index is 12.0. The minimum absolute atomic E-state index is 0.165. The Hall–Kier alpha value is -1.32. The molecule has 0 spiro atoms. The van der Waals surface area contributed by atoms with Crippen LogP contribution in [0.2, 0.25) is 0 Å². The van der Waals surface area contributed by atoms with Crippen molar-refractivity contribution in [1.82, 2.24) is 0 Å². The standard InChI is InChI=1S/C28H44O4/c1-5-32-26(31)17-19-12-14-27(3)20(16-19)7-8-21-23-10-9-22(18(2)6-11-25(29)30)28(23,4)15-13-24(21)27/h17-18,20-24H,5-16H2,1-4H3,(H,29,30)/b19-17-/t18-,20-,21+,22-,23+,24+,27+,28-/m1/s1. The zero-order valence-electron chi connectivity index (χ0n) is 20.7. The Morgan fingerprint density at radius 3 is 2.56 bits per heavy atom. The first-order valence-electron chi connectivity index (χ1n) is 13.3. The molecular formula is C28H44O4. The lowest BCUT2D eigenvalue weighted by atomic mass is 9.44. The number of carboxylic acid groups (broad SMARTS) is 1. The third-order valence-corrected chi connectivity index (χ3v) is 10.7. The van der Waals surface area contributed by atoms with Crippen molar-refractivity contribution in [3.05, 3.63) is 11.6 Å². The number of hydrogen-bond acceptors (Lipinski definition) is 3. The molecule has 4 aliphatic rings. The van der Waals surface area contributed by atoms with Crippen LogP contribution < -0.4 is 0 Å². The van der Waals surface area contributed by atoms with Crippen LogP contribution >= 0.6 is 0 Å². The van der Waals surface area contributed by atoms with Crippen molar-refractivity contribution in [2.24, 2.45) is 46.3 Å².